The number of anilines is 2. The first-order valence-electron chi connectivity index (χ1n) is 10.7. The van der Waals surface area contributed by atoms with E-state index in [4.69, 9.17) is 14.7 Å². The Labute approximate surface area is 187 Å². The van der Waals surface area contributed by atoms with Gasteiger partial charge < -0.3 is 14.5 Å². The van der Waals surface area contributed by atoms with Crippen LogP contribution in [0.1, 0.15) is 30.7 Å². The number of ketones is 1. The number of methoxy groups -OCH3 is 1. The second-order valence-corrected chi connectivity index (χ2v) is 9.03. The number of Topliss-reactive ketones (excluding diaryl/α,β-unsaturated/α-hetero) is 1. The molecule has 1 aromatic carbocycles. The summed E-state index contributed by atoms with van der Waals surface area (Å²) in [5, 5.41) is 0.867. The van der Waals surface area contributed by atoms with E-state index in [1.165, 1.54) is 5.56 Å². The molecule has 8 heteroatoms. The van der Waals surface area contributed by atoms with E-state index in [2.05, 4.69) is 22.0 Å². The molecule has 0 radical (unpaired) electrons. The SMILES string of the molecule is COCCc1nc(N(C)C)c2sc(N3CCC[C@@H]3C(=O)CCc3ccccc3)nc2n1. The van der Waals surface area contributed by atoms with Gasteiger partial charge in [-0.15, -0.1) is 0 Å². The van der Waals surface area contributed by atoms with E-state index in [9.17, 15) is 4.79 Å². The van der Waals surface area contributed by atoms with Crippen LogP contribution in [-0.2, 0) is 22.4 Å². The van der Waals surface area contributed by atoms with Crippen molar-refractivity contribution in [2.75, 3.05) is 44.2 Å². The third-order valence-electron chi connectivity index (χ3n) is 5.60. The first-order valence-corrected chi connectivity index (χ1v) is 11.6. The predicted octanol–water partition coefficient (Wildman–Crippen LogP) is 3.51. The molecule has 0 aliphatic carbocycles. The summed E-state index contributed by atoms with van der Waals surface area (Å²) in [7, 11) is 5.63. The second kappa shape index (κ2) is 9.70. The minimum atomic E-state index is -0.104. The van der Waals surface area contributed by atoms with Crippen LogP contribution in [0.15, 0.2) is 30.3 Å². The van der Waals surface area contributed by atoms with Crippen LogP contribution in [0.5, 0.6) is 0 Å². The fourth-order valence-electron chi connectivity index (χ4n) is 3.98. The molecule has 2 aromatic heterocycles. The van der Waals surface area contributed by atoms with Gasteiger partial charge in [0.05, 0.1) is 12.6 Å². The van der Waals surface area contributed by atoms with Crippen LogP contribution >= 0.6 is 11.3 Å². The van der Waals surface area contributed by atoms with Crippen molar-refractivity contribution in [1.82, 2.24) is 15.0 Å². The number of hydrogen-bond acceptors (Lipinski definition) is 8. The Morgan fingerprint density at radius 1 is 1.19 bits per heavy atom. The molecule has 31 heavy (non-hydrogen) atoms. The van der Waals surface area contributed by atoms with Gasteiger partial charge in [0.15, 0.2) is 22.4 Å². The number of hydrogen-bond donors (Lipinski definition) is 0. The normalized spacial score (nSPS) is 16.2. The molecule has 4 rings (SSSR count). The van der Waals surface area contributed by atoms with Crippen molar-refractivity contribution in [2.24, 2.45) is 0 Å². The van der Waals surface area contributed by atoms with E-state index in [-0.39, 0.29) is 6.04 Å². The molecule has 3 aromatic rings. The van der Waals surface area contributed by atoms with E-state index in [1.807, 2.05) is 37.2 Å². The molecule has 1 fully saturated rings. The lowest BCUT2D eigenvalue weighted by Crippen LogP contribution is -2.36. The molecule has 1 atom stereocenters. The highest BCUT2D eigenvalue weighted by molar-refractivity contribution is 7.22. The van der Waals surface area contributed by atoms with E-state index in [1.54, 1.807) is 18.4 Å². The summed E-state index contributed by atoms with van der Waals surface area (Å²) in [6.45, 7) is 1.42. The number of carbonyl (C=O) groups is 1. The maximum Gasteiger partial charge on any atom is 0.188 e. The lowest BCUT2D eigenvalue weighted by atomic mass is 10.0. The molecule has 1 aliphatic heterocycles. The number of carbonyl (C=O) groups excluding carboxylic acids is 1. The van der Waals surface area contributed by atoms with Gasteiger partial charge in [0.1, 0.15) is 10.5 Å². The minimum absolute atomic E-state index is 0.104. The average Bonchev–Trinajstić information content (AvgIpc) is 3.43. The minimum Gasteiger partial charge on any atom is -0.384 e. The van der Waals surface area contributed by atoms with Crippen molar-refractivity contribution < 1.29 is 9.53 Å². The first kappa shape index (κ1) is 21.6. The summed E-state index contributed by atoms with van der Waals surface area (Å²) >= 11 is 1.58. The Morgan fingerprint density at radius 2 is 2.00 bits per heavy atom. The van der Waals surface area contributed by atoms with Gasteiger partial charge in [0.2, 0.25) is 0 Å². The van der Waals surface area contributed by atoms with Crippen molar-refractivity contribution in [1.29, 1.82) is 0 Å². The van der Waals surface area contributed by atoms with Crippen LogP contribution in [0.2, 0.25) is 0 Å². The molecule has 1 saturated heterocycles. The molecule has 7 nitrogen and oxygen atoms in total. The molecule has 0 spiro atoms. The number of benzene rings is 1. The number of ether oxygens (including phenoxy) is 1. The van der Waals surface area contributed by atoms with Crippen LogP contribution in [0, 0.1) is 0 Å². The summed E-state index contributed by atoms with van der Waals surface area (Å²) in [5.74, 6) is 1.89. The first-order chi connectivity index (χ1) is 15.1. The Balaban J connectivity index is 1.56. The largest absolute Gasteiger partial charge is 0.384 e. The lowest BCUT2D eigenvalue weighted by molar-refractivity contribution is -0.120. The number of nitrogens with zero attached hydrogens (tertiary/aromatic N) is 5. The van der Waals surface area contributed by atoms with Crippen molar-refractivity contribution in [3.8, 4) is 0 Å². The number of aryl methyl sites for hydroxylation is 1. The maximum atomic E-state index is 13.1. The zero-order valence-electron chi connectivity index (χ0n) is 18.4. The summed E-state index contributed by atoms with van der Waals surface area (Å²) in [5.41, 5.74) is 1.90. The van der Waals surface area contributed by atoms with Crippen LogP contribution in [0.25, 0.3) is 10.3 Å². The van der Waals surface area contributed by atoms with Crippen molar-refractivity contribution >= 4 is 38.4 Å². The quantitative estimate of drug-likeness (QED) is 0.505. The van der Waals surface area contributed by atoms with Crippen LogP contribution in [-0.4, -0.2) is 61.1 Å². The molecule has 0 amide bonds. The Morgan fingerprint density at radius 3 is 2.74 bits per heavy atom. The summed E-state index contributed by atoms with van der Waals surface area (Å²) < 4.78 is 6.14. The van der Waals surface area contributed by atoms with Crippen LogP contribution in [0.3, 0.4) is 0 Å². The maximum absolute atomic E-state index is 13.1. The Bertz CT molecular complexity index is 1040. The number of thiazole rings is 1. The Kier molecular flexibility index (Phi) is 6.77. The Hall–Kier alpha value is -2.58. The van der Waals surface area contributed by atoms with Gasteiger partial charge >= 0.3 is 0 Å². The van der Waals surface area contributed by atoms with E-state index >= 15 is 0 Å². The van der Waals surface area contributed by atoms with Gasteiger partial charge in [-0.1, -0.05) is 41.7 Å². The van der Waals surface area contributed by atoms with Gasteiger partial charge in [-0.3, -0.25) is 4.79 Å². The highest BCUT2D eigenvalue weighted by Gasteiger charge is 2.32. The highest BCUT2D eigenvalue weighted by atomic mass is 32.1. The number of aromatic nitrogens is 3. The van der Waals surface area contributed by atoms with Crippen molar-refractivity contribution in [3.05, 3.63) is 41.7 Å². The molecular formula is C23H29N5O2S. The standard InChI is InChI=1S/C23H29N5O2S/c1-27(2)22-20-21(24-19(25-22)13-15-30-3)26-23(31-20)28-14-7-10-17(28)18(29)12-11-16-8-5-4-6-9-16/h4-6,8-9,17H,7,10-15H2,1-3H3/t17-/m1/s1. The van der Waals surface area contributed by atoms with Crippen molar-refractivity contribution in [3.63, 3.8) is 0 Å². The summed E-state index contributed by atoms with van der Waals surface area (Å²) in [6, 6.07) is 10.1. The third kappa shape index (κ3) is 4.85. The molecule has 0 N–H and O–H groups in total. The van der Waals surface area contributed by atoms with Gasteiger partial charge in [-0.05, 0) is 24.8 Å². The molecule has 0 saturated carbocycles. The molecule has 164 valence electrons. The molecule has 3 heterocycles. The average molecular weight is 440 g/mol. The summed E-state index contributed by atoms with van der Waals surface area (Å²) in [4.78, 5) is 31.4. The van der Waals surface area contributed by atoms with E-state index in [0.29, 0.717) is 30.9 Å². The van der Waals surface area contributed by atoms with E-state index in [0.717, 1.165) is 47.3 Å². The predicted molar refractivity (Wildman–Crippen MR) is 125 cm³/mol. The van der Waals surface area contributed by atoms with E-state index < -0.39 is 0 Å². The topological polar surface area (TPSA) is 71.5 Å². The fourth-order valence-corrected chi connectivity index (χ4v) is 5.14. The van der Waals surface area contributed by atoms with Gasteiger partial charge in [0.25, 0.3) is 0 Å². The molecule has 0 unspecified atom stereocenters. The molecule has 0 bridgehead atoms. The van der Waals surface area contributed by atoms with Gasteiger partial charge in [-0.2, -0.15) is 4.98 Å². The molecular weight excluding hydrogens is 410 g/mol. The smallest absolute Gasteiger partial charge is 0.188 e. The van der Waals surface area contributed by atoms with Crippen molar-refractivity contribution in [2.45, 2.75) is 38.1 Å². The highest BCUT2D eigenvalue weighted by Crippen LogP contribution is 2.36. The van der Waals surface area contributed by atoms with Crippen LogP contribution < -0.4 is 9.80 Å². The summed E-state index contributed by atoms with van der Waals surface area (Å²) in [6.07, 6.45) is 3.87. The molecule has 1 aliphatic rings. The lowest BCUT2D eigenvalue weighted by Gasteiger charge is -2.22. The monoisotopic (exact) mass is 439 g/mol. The van der Waals surface area contributed by atoms with Crippen LogP contribution in [0.4, 0.5) is 10.9 Å². The zero-order valence-corrected chi connectivity index (χ0v) is 19.2. The van der Waals surface area contributed by atoms with Gasteiger partial charge in [0, 0.05) is 40.6 Å². The zero-order chi connectivity index (χ0) is 21.8. The fraction of sp³-hybridized carbons (Fsp3) is 0.478. The second-order valence-electron chi connectivity index (χ2n) is 8.05. The number of rotatable bonds is 9. The van der Waals surface area contributed by atoms with Gasteiger partial charge in [-0.25, -0.2) is 9.97 Å². The third-order valence-corrected chi connectivity index (χ3v) is 6.68. The number of fused-ring (bicyclic) bond motifs is 1.